The van der Waals surface area contributed by atoms with Gasteiger partial charge < -0.3 is 10.8 Å². The summed E-state index contributed by atoms with van der Waals surface area (Å²) in [6.45, 7) is 5.97. The molecule has 0 amide bonds. The van der Waals surface area contributed by atoms with Crippen molar-refractivity contribution in [3.8, 4) is 0 Å². The van der Waals surface area contributed by atoms with Crippen molar-refractivity contribution in [2.24, 2.45) is 5.73 Å². The number of aryl methyl sites for hydroxylation is 2. The van der Waals surface area contributed by atoms with Crippen LogP contribution in [0.1, 0.15) is 30.5 Å². The fourth-order valence-corrected chi connectivity index (χ4v) is 1.62. The van der Waals surface area contributed by atoms with Crippen molar-refractivity contribution in [2.45, 2.75) is 32.7 Å². The van der Waals surface area contributed by atoms with E-state index in [-0.39, 0.29) is 6.61 Å². The Labute approximate surface area is 85.8 Å². The zero-order valence-corrected chi connectivity index (χ0v) is 9.17. The van der Waals surface area contributed by atoms with Crippen molar-refractivity contribution in [3.63, 3.8) is 0 Å². The van der Waals surface area contributed by atoms with Crippen LogP contribution in [0, 0.1) is 6.92 Å². The van der Waals surface area contributed by atoms with Gasteiger partial charge in [-0.2, -0.15) is 0 Å². The van der Waals surface area contributed by atoms with Crippen LogP contribution in [0.5, 0.6) is 0 Å². The molecule has 14 heavy (non-hydrogen) atoms. The van der Waals surface area contributed by atoms with Crippen LogP contribution < -0.4 is 5.73 Å². The van der Waals surface area contributed by atoms with Crippen LogP contribution in [-0.4, -0.2) is 11.7 Å². The first-order chi connectivity index (χ1) is 6.51. The summed E-state index contributed by atoms with van der Waals surface area (Å²) in [6.07, 6.45) is 0.947. The molecule has 0 heterocycles. The van der Waals surface area contributed by atoms with Gasteiger partial charge in [0.15, 0.2) is 0 Å². The van der Waals surface area contributed by atoms with E-state index in [0.717, 1.165) is 12.0 Å². The van der Waals surface area contributed by atoms with Gasteiger partial charge >= 0.3 is 0 Å². The van der Waals surface area contributed by atoms with Gasteiger partial charge in [0, 0.05) is 0 Å². The third kappa shape index (κ3) is 2.14. The Morgan fingerprint density at radius 3 is 2.57 bits per heavy atom. The standard InChI is InChI=1S/C12H19NO/c1-4-10-6-5-9(2)7-11(10)12(3,13)8-14/h5-7,14H,4,8,13H2,1-3H3. The summed E-state index contributed by atoms with van der Waals surface area (Å²) in [7, 11) is 0. The summed E-state index contributed by atoms with van der Waals surface area (Å²) in [5.41, 5.74) is 8.86. The number of nitrogens with two attached hydrogens (primary N) is 1. The molecular formula is C12H19NO. The maximum absolute atomic E-state index is 9.23. The number of aliphatic hydroxyl groups is 1. The molecule has 3 N–H and O–H groups in total. The Hall–Kier alpha value is -0.860. The molecule has 0 aliphatic heterocycles. The number of benzene rings is 1. The minimum atomic E-state index is -0.628. The van der Waals surface area contributed by atoms with Gasteiger partial charge in [0.05, 0.1) is 12.1 Å². The lowest BCUT2D eigenvalue weighted by molar-refractivity contribution is 0.209. The van der Waals surface area contributed by atoms with Crippen LogP contribution in [-0.2, 0) is 12.0 Å². The summed E-state index contributed by atoms with van der Waals surface area (Å²) >= 11 is 0. The minimum absolute atomic E-state index is 0.0244. The Morgan fingerprint density at radius 1 is 1.43 bits per heavy atom. The minimum Gasteiger partial charge on any atom is -0.394 e. The largest absolute Gasteiger partial charge is 0.394 e. The molecule has 1 rings (SSSR count). The van der Waals surface area contributed by atoms with Crippen LogP contribution in [0.3, 0.4) is 0 Å². The molecule has 1 unspecified atom stereocenters. The van der Waals surface area contributed by atoms with E-state index in [9.17, 15) is 5.11 Å². The van der Waals surface area contributed by atoms with Gasteiger partial charge in [0.25, 0.3) is 0 Å². The van der Waals surface area contributed by atoms with E-state index in [0.29, 0.717) is 0 Å². The van der Waals surface area contributed by atoms with Crippen molar-refractivity contribution in [3.05, 3.63) is 34.9 Å². The molecular weight excluding hydrogens is 174 g/mol. The molecule has 0 saturated heterocycles. The van der Waals surface area contributed by atoms with Crippen molar-refractivity contribution < 1.29 is 5.11 Å². The average Bonchev–Trinajstić information content (AvgIpc) is 2.18. The molecule has 0 fully saturated rings. The van der Waals surface area contributed by atoms with Gasteiger partial charge in [0.2, 0.25) is 0 Å². The van der Waals surface area contributed by atoms with Gasteiger partial charge in [-0.1, -0.05) is 30.7 Å². The van der Waals surface area contributed by atoms with Crippen LogP contribution in [0.4, 0.5) is 0 Å². The summed E-state index contributed by atoms with van der Waals surface area (Å²) in [6, 6.07) is 6.23. The second-order valence-corrected chi connectivity index (χ2v) is 4.09. The lowest BCUT2D eigenvalue weighted by Crippen LogP contribution is -2.38. The molecule has 78 valence electrons. The van der Waals surface area contributed by atoms with E-state index in [4.69, 9.17) is 5.73 Å². The van der Waals surface area contributed by atoms with Crippen molar-refractivity contribution >= 4 is 0 Å². The fourth-order valence-electron chi connectivity index (χ4n) is 1.62. The molecule has 0 radical (unpaired) electrons. The highest BCUT2D eigenvalue weighted by atomic mass is 16.3. The molecule has 2 heteroatoms. The molecule has 0 bridgehead atoms. The Balaban J connectivity index is 3.23. The number of aliphatic hydroxyl groups excluding tert-OH is 1. The van der Waals surface area contributed by atoms with E-state index in [2.05, 4.69) is 25.1 Å². The van der Waals surface area contributed by atoms with Gasteiger partial charge in [-0.05, 0) is 31.4 Å². The molecule has 0 aromatic heterocycles. The molecule has 1 aromatic carbocycles. The van der Waals surface area contributed by atoms with Crippen LogP contribution in [0.25, 0.3) is 0 Å². The summed E-state index contributed by atoms with van der Waals surface area (Å²) in [5.74, 6) is 0. The highest BCUT2D eigenvalue weighted by Gasteiger charge is 2.22. The van der Waals surface area contributed by atoms with E-state index >= 15 is 0 Å². The smallest absolute Gasteiger partial charge is 0.0650 e. The number of rotatable bonds is 3. The number of hydrogen-bond acceptors (Lipinski definition) is 2. The molecule has 0 saturated carbocycles. The Morgan fingerprint density at radius 2 is 2.07 bits per heavy atom. The zero-order chi connectivity index (χ0) is 10.8. The fraction of sp³-hybridized carbons (Fsp3) is 0.500. The molecule has 2 nitrogen and oxygen atoms in total. The van der Waals surface area contributed by atoms with E-state index in [1.54, 1.807) is 0 Å². The quantitative estimate of drug-likeness (QED) is 0.768. The Bertz CT molecular complexity index is 318. The van der Waals surface area contributed by atoms with Crippen LogP contribution in [0.2, 0.25) is 0 Å². The van der Waals surface area contributed by atoms with E-state index in [1.165, 1.54) is 11.1 Å². The second-order valence-electron chi connectivity index (χ2n) is 4.09. The van der Waals surface area contributed by atoms with Gasteiger partial charge in [-0.3, -0.25) is 0 Å². The van der Waals surface area contributed by atoms with Gasteiger partial charge in [-0.25, -0.2) is 0 Å². The normalized spacial score (nSPS) is 15.2. The monoisotopic (exact) mass is 193 g/mol. The highest BCUT2D eigenvalue weighted by molar-refractivity contribution is 5.36. The summed E-state index contributed by atoms with van der Waals surface area (Å²) < 4.78 is 0. The number of hydrogen-bond donors (Lipinski definition) is 2. The maximum Gasteiger partial charge on any atom is 0.0650 e. The van der Waals surface area contributed by atoms with Crippen LogP contribution >= 0.6 is 0 Å². The predicted octanol–water partition coefficient (Wildman–Crippen LogP) is 1.72. The first kappa shape index (κ1) is 11.2. The zero-order valence-electron chi connectivity index (χ0n) is 9.17. The molecule has 0 aliphatic rings. The predicted molar refractivity (Wildman–Crippen MR) is 59.2 cm³/mol. The summed E-state index contributed by atoms with van der Waals surface area (Å²) in [4.78, 5) is 0. The van der Waals surface area contributed by atoms with Crippen molar-refractivity contribution in [1.29, 1.82) is 0 Å². The van der Waals surface area contributed by atoms with Crippen molar-refractivity contribution in [1.82, 2.24) is 0 Å². The third-order valence-corrected chi connectivity index (χ3v) is 2.59. The lowest BCUT2D eigenvalue weighted by Gasteiger charge is -2.25. The second kappa shape index (κ2) is 4.11. The first-order valence-electron chi connectivity index (χ1n) is 5.01. The van der Waals surface area contributed by atoms with Crippen molar-refractivity contribution in [2.75, 3.05) is 6.61 Å². The highest BCUT2D eigenvalue weighted by Crippen LogP contribution is 2.23. The lowest BCUT2D eigenvalue weighted by atomic mass is 9.88. The SMILES string of the molecule is CCc1ccc(C)cc1C(C)(N)CO. The molecule has 0 aliphatic carbocycles. The summed E-state index contributed by atoms with van der Waals surface area (Å²) in [5, 5.41) is 9.23. The topological polar surface area (TPSA) is 46.2 Å². The first-order valence-corrected chi connectivity index (χ1v) is 5.01. The van der Waals surface area contributed by atoms with Gasteiger partial charge in [0.1, 0.15) is 0 Å². The third-order valence-electron chi connectivity index (χ3n) is 2.59. The van der Waals surface area contributed by atoms with E-state index < -0.39 is 5.54 Å². The van der Waals surface area contributed by atoms with Crippen LogP contribution in [0.15, 0.2) is 18.2 Å². The molecule has 0 spiro atoms. The molecule has 1 aromatic rings. The molecule has 1 atom stereocenters. The Kier molecular flexibility index (Phi) is 3.29. The van der Waals surface area contributed by atoms with E-state index in [1.807, 2.05) is 13.8 Å². The maximum atomic E-state index is 9.23. The van der Waals surface area contributed by atoms with Gasteiger partial charge in [-0.15, -0.1) is 0 Å². The average molecular weight is 193 g/mol.